The molecular weight excluding hydrogens is 424 g/mol. The van der Waals surface area contributed by atoms with E-state index < -0.39 is 0 Å². The lowest BCUT2D eigenvalue weighted by atomic mass is 10.0. The number of benzene rings is 3. The molecule has 6 heteroatoms. The minimum absolute atomic E-state index is 0.361. The van der Waals surface area contributed by atoms with Crippen LogP contribution in [0.2, 0.25) is 5.02 Å². The van der Waals surface area contributed by atoms with Crippen molar-refractivity contribution >= 4 is 40.4 Å². The quantitative estimate of drug-likeness (QED) is 0.531. The Morgan fingerprint density at radius 3 is 2.41 bits per heavy atom. The molecule has 5 nitrogen and oxygen atoms in total. The van der Waals surface area contributed by atoms with Crippen molar-refractivity contribution in [3.63, 3.8) is 0 Å². The molecular formula is C26H21ClN2O3. The molecule has 0 spiro atoms. The summed E-state index contributed by atoms with van der Waals surface area (Å²) in [6.45, 7) is 2.54. The number of hydrogen-bond donors (Lipinski definition) is 0. The third-order valence-electron chi connectivity index (χ3n) is 5.92. The molecule has 160 valence electrons. The maximum atomic E-state index is 13.9. The van der Waals surface area contributed by atoms with Gasteiger partial charge >= 0.3 is 0 Å². The van der Waals surface area contributed by atoms with E-state index in [1.54, 1.807) is 36.4 Å². The lowest BCUT2D eigenvalue weighted by Crippen LogP contribution is -2.35. The van der Waals surface area contributed by atoms with Crippen molar-refractivity contribution in [2.75, 3.05) is 23.5 Å². The number of para-hydroxylation sites is 1. The van der Waals surface area contributed by atoms with Crippen LogP contribution in [0.5, 0.6) is 5.75 Å². The number of nitrogens with zero attached hydrogens (tertiary/aromatic N) is 2. The average molecular weight is 445 g/mol. The molecule has 2 aliphatic heterocycles. The smallest absolute Gasteiger partial charge is 0.282 e. The van der Waals surface area contributed by atoms with Crippen molar-refractivity contribution in [2.45, 2.75) is 13.3 Å². The summed E-state index contributed by atoms with van der Waals surface area (Å²) in [4.78, 5) is 30.8. The van der Waals surface area contributed by atoms with Gasteiger partial charge in [0.25, 0.3) is 11.8 Å². The van der Waals surface area contributed by atoms with E-state index in [1.807, 2.05) is 36.1 Å². The monoisotopic (exact) mass is 444 g/mol. The van der Waals surface area contributed by atoms with Gasteiger partial charge in [0.05, 0.1) is 18.4 Å². The van der Waals surface area contributed by atoms with E-state index in [-0.39, 0.29) is 11.8 Å². The number of aryl methyl sites for hydroxylation is 1. The largest absolute Gasteiger partial charge is 0.495 e. The Bertz CT molecular complexity index is 1280. The number of halogens is 1. The van der Waals surface area contributed by atoms with Crippen molar-refractivity contribution in [1.29, 1.82) is 0 Å². The highest BCUT2D eigenvalue weighted by Crippen LogP contribution is 2.42. The zero-order valence-electron chi connectivity index (χ0n) is 17.8. The van der Waals surface area contributed by atoms with Crippen molar-refractivity contribution in [1.82, 2.24) is 0 Å². The van der Waals surface area contributed by atoms with Gasteiger partial charge in [-0.2, -0.15) is 0 Å². The molecule has 0 fully saturated rings. The van der Waals surface area contributed by atoms with Gasteiger partial charge in [-0.25, -0.2) is 4.90 Å². The van der Waals surface area contributed by atoms with Crippen LogP contribution in [-0.2, 0) is 16.0 Å². The molecule has 2 amide bonds. The predicted octanol–water partition coefficient (Wildman–Crippen LogP) is 5.00. The summed E-state index contributed by atoms with van der Waals surface area (Å²) in [5, 5.41) is 0.566. The van der Waals surface area contributed by atoms with Crippen molar-refractivity contribution in [2.24, 2.45) is 0 Å². The molecule has 0 saturated carbocycles. The highest BCUT2D eigenvalue weighted by molar-refractivity contribution is 6.46. The van der Waals surface area contributed by atoms with Gasteiger partial charge in [0.15, 0.2) is 0 Å². The van der Waals surface area contributed by atoms with Crippen LogP contribution in [0.1, 0.15) is 16.7 Å². The SMILES string of the molecule is COc1ccc(C)cc1N1C(=O)C(c2ccc(Cl)cc2)=C(N2CCc3ccccc32)C1=O. The first-order chi connectivity index (χ1) is 15.5. The summed E-state index contributed by atoms with van der Waals surface area (Å²) >= 11 is 6.09. The Balaban J connectivity index is 1.71. The predicted molar refractivity (Wildman–Crippen MR) is 126 cm³/mol. The number of fused-ring (bicyclic) bond motifs is 1. The third kappa shape index (κ3) is 3.17. The average Bonchev–Trinajstić information content (AvgIpc) is 3.32. The summed E-state index contributed by atoms with van der Waals surface area (Å²) in [7, 11) is 1.53. The number of carbonyl (C=O) groups is 2. The van der Waals surface area contributed by atoms with Crippen LogP contribution in [-0.4, -0.2) is 25.5 Å². The van der Waals surface area contributed by atoms with Gasteiger partial charge in [-0.15, -0.1) is 0 Å². The third-order valence-corrected chi connectivity index (χ3v) is 6.18. The minimum atomic E-state index is -0.374. The fourth-order valence-electron chi connectivity index (χ4n) is 4.41. The molecule has 0 bridgehead atoms. The van der Waals surface area contributed by atoms with Crippen LogP contribution in [0.4, 0.5) is 11.4 Å². The van der Waals surface area contributed by atoms with E-state index in [4.69, 9.17) is 16.3 Å². The summed E-state index contributed by atoms with van der Waals surface area (Å²) in [6, 6.07) is 20.5. The second kappa shape index (κ2) is 7.84. The van der Waals surface area contributed by atoms with Gasteiger partial charge in [0.2, 0.25) is 0 Å². The van der Waals surface area contributed by atoms with Gasteiger partial charge in [-0.05, 0) is 60.4 Å². The van der Waals surface area contributed by atoms with Gasteiger partial charge < -0.3 is 9.64 Å². The fraction of sp³-hybridized carbons (Fsp3) is 0.154. The topological polar surface area (TPSA) is 49.9 Å². The lowest BCUT2D eigenvalue weighted by molar-refractivity contribution is -0.120. The van der Waals surface area contributed by atoms with Crippen LogP contribution in [0.3, 0.4) is 0 Å². The first-order valence-corrected chi connectivity index (χ1v) is 10.8. The number of rotatable bonds is 4. The number of amides is 2. The van der Waals surface area contributed by atoms with E-state index >= 15 is 0 Å². The van der Waals surface area contributed by atoms with Crippen molar-refractivity contribution < 1.29 is 14.3 Å². The zero-order valence-corrected chi connectivity index (χ0v) is 18.5. The molecule has 0 saturated heterocycles. The van der Waals surface area contributed by atoms with E-state index in [1.165, 1.54) is 12.0 Å². The highest BCUT2D eigenvalue weighted by atomic mass is 35.5. The molecule has 32 heavy (non-hydrogen) atoms. The number of methoxy groups -OCH3 is 1. The first-order valence-electron chi connectivity index (χ1n) is 10.4. The van der Waals surface area contributed by atoms with Crippen LogP contribution in [0.15, 0.2) is 72.4 Å². The highest BCUT2D eigenvalue weighted by Gasteiger charge is 2.45. The number of anilines is 2. The molecule has 0 N–H and O–H groups in total. The van der Waals surface area contributed by atoms with Gasteiger partial charge in [-0.1, -0.05) is 48.0 Å². The maximum absolute atomic E-state index is 13.9. The Labute approximate surface area is 191 Å². The Morgan fingerprint density at radius 1 is 0.906 bits per heavy atom. The van der Waals surface area contributed by atoms with Crippen LogP contribution in [0, 0.1) is 6.92 Å². The molecule has 3 aromatic carbocycles. The summed E-state index contributed by atoms with van der Waals surface area (Å²) in [5.41, 5.74) is 4.88. The van der Waals surface area contributed by atoms with E-state index in [2.05, 4.69) is 6.07 Å². The molecule has 5 rings (SSSR count). The number of carbonyl (C=O) groups excluding carboxylic acids is 2. The van der Waals surface area contributed by atoms with Gasteiger partial charge in [0, 0.05) is 17.3 Å². The Kier molecular flexibility index (Phi) is 4.98. The van der Waals surface area contributed by atoms with E-state index in [0.717, 1.165) is 23.2 Å². The van der Waals surface area contributed by atoms with Crippen LogP contribution < -0.4 is 14.5 Å². The van der Waals surface area contributed by atoms with Crippen molar-refractivity contribution in [3.8, 4) is 5.75 Å². The molecule has 3 aromatic rings. The normalized spacial score (nSPS) is 15.6. The fourth-order valence-corrected chi connectivity index (χ4v) is 4.54. The van der Waals surface area contributed by atoms with Crippen LogP contribution in [0.25, 0.3) is 5.57 Å². The Morgan fingerprint density at radius 2 is 1.66 bits per heavy atom. The number of hydrogen-bond acceptors (Lipinski definition) is 4. The molecule has 0 unspecified atom stereocenters. The van der Waals surface area contributed by atoms with Gasteiger partial charge in [0.1, 0.15) is 11.4 Å². The summed E-state index contributed by atoms with van der Waals surface area (Å²) in [6.07, 6.45) is 0.808. The minimum Gasteiger partial charge on any atom is -0.495 e. The summed E-state index contributed by atoms with van der Waals surface area (Å²) in [5.74, 6) is -0.267. The molecule has 2 heterocycles. The number of ether oxygens (including phenoxy) is 1. The molecule has 2 aliphatic rings. The molecule has 0 radical (unpaired) electrons. The van der Waals surface area contributed by atoms with Gasteiger partial charge in [-0.3, -0.25) is 9.59 Å². The standard InChI is InChI=1S/C26H21ClN2O3/c1-16-7-12-22(32-2)21(15-16)29-25(30)23(18-8-10-19(27)11-9-18)24(26(29)31)28-14-13-17-5-3-4-6-20(17)28/h3-12,15H,13-14H2,1-2H3. The Hall–Kier alpha value is -3.57. The molecule has 0 atom stereocenters. The number of imide groups is 1. The summed E-state index contributed by atoms with van der Waals surface area (Å²) < 4.78 is 5.49. The zero-order chi connectivity index (χ0) is 22.4. The molecule has 0 aromatic heterocycles. The first kappa shape index (κ1) is 20.3. The maximum Gasteiger partial charge on any atom is 0.282 e. The second-order valence-corrected chi connectivity index (χ2v) is 8.32. The van der Waals surface area contributed by atoms with E-state index in [0.29, 0.717) is 39.8 Å². The lowest BCUT2D eigenvalue weighted by Gasteiger charge is -2.22. The van der Waals surface area contributed by atoms with E-state index in [9.17, 15) is 9.59 Å². The van der Waals surface area contributed by atoms with Crippen LogP contribution >= 0.6 is 11.6 Å². The molecule has 0 aliphatic carbocycles. The van der Waals surface area contributed by atoms with Crippen molar-refractivity contribution in [3.05, 3.63) is 94.1 Å². The second-order valence-electron chi connectivity index (χ2n) is 7.88.